The van der Waals surface area contributed by atoms with E-state index in [0.29, 0.717) is 10.6 Å². The monoisotopic (exact) mass is 383 g/mol. The molecule has 1 aliphatic rings. The largest absolute Gasteiger partial charge is 0.466 e. The van der Waals surface area contributed by atoms with Crippen LogP contribution in [0.4, 0.5) is 5.69 Å². The quantitative estimate of drug-likeness (QED) is 0.463. The lowest BCUT2D eigenvalue weighted by molar-refractivity contribution is -0.385. The Morgan fingerprint density at radius 1 is 1.29 bits per heavy atom. The van der Waals surface area contributed by atoms with E-state index in [0.717, 1.165) is 0 Å². The number of carbonyl (C=O) groups excluding carboxylic acids is 2. The lowest BCUT2D eigenvalue weighted by atomic mass is 10.1. The summed E-state index contributed by atoms with van der Waals surface area (Å²) in [7, 11) is 0. The van der Waals surface area contributed by atoms with E-state index < -0.39 is 29.3 Å². The molecule has 9 heteroatoms. The third-order valence-corrected chi connectivity index (χ3v) is 4.20. The SMILES string of the molecule is CCOC(=O)CC1C(=O)N=c2ccc([N+](=O)[O-])cc2=C(c2ccccc2)N1O. The number of hydrogen-bond donors (Lipinski definition) is 1. The molecule has 0 spiro atoms. The van der Waals surface area contributed by atoms with Crippen molar-refractivity contribution in [2.75, 3.05) is 6.61 Å². The molecule has 1 atom stereocenters. The molecule has 144 valence electrons. The molecule has 0 bridgehead atoms. The number of nitrogens with zero attached hydrogens (tertiary/aromatic N) is 3. The van der Waals surface area contributed by atoms with Crippen LogP contribution in [-0.4, -0.2) is 39.7 Å². The number of nitro benzene ring substituents is 1. The summed E-state index contributed by atoms with van der Waals surface area (Å²) < 4.78 is 4.88. The van der Waals surface area contributed by atoms with Gasteiger partial charge in [-0.3, -0.25) is 24.9 Å². The number of rotatable bonds is 5. The summed E-state index contributed by atoms with van der Waals surface area (Å²) in [5.41, 5.74) is 0.431. The van der Waals surface area contributed by atoms with Crippen molar-refractivity contribution in [1.82, 2.24) is 5.06 Å². The summed E-state index contributed by atoms with van der Waals surface area (Å²) in [5, 5.41) is 23.1. The highest BCUT2D eigenvalue weighted by Gasteiger charge is 2.33. The molecule has 9 nitrogen and oxygen atoms in total. The second-order valence-electron chi connectivity index (χ2n) is 5.99. The zero-order valence-corrected chi connectivity index (χ0v) is 14.9. The smallest absolute Gasteiger partial charge is 0.308 e. The Morgan fingerprint density at radius 3 is 2.64 bits per heavy atom. The van der Waals surface area contributed by atoms with E-state index in [9.17, 15) is 24.9 Å². The van der Waals surface area contributed by atoms with Gasteiger partial charge in [0.2, 0.25) is 0 Å². The third kappa shape index (κ3) is 3.74. The minimum atomic E-state index is -1.32. The Hall–Kier alpha value is -3.59. The van der Waals surface area contributed by atoms with E-state index in [1.165, 1.54) is 18.2 Å². The van der Waals surface area contributed by atoms with E-state index in [1.807, 2.05) is 0 Å². The summed E-state index contributed by atoms with van der Waals surface area (Å²) in [5.74, 6) is -1.42. The Bertz CT molecular complexity index is 1050. The lowest BCUT2D eigenvalue weighted by Gasteiger charge is -2.26. The summed E-state index contributed by atoms with van der Waals surface area (Å²) in [6, 6.07) is 11.1. The van der Waals surface area contributed by atoms with E-state index >= 15 is 0 Å². The molecule has 0 aliphatic carbocycles. The summed E-state index contributed by atoms with van der Waals surface area (Å²) >= 11 is 0. The molecule has 1 unspecified atom stereocenters. The topological polar surface area (TPSA) is 122 Å². The maximum absolute atomic E-state index is 12.6. The molecule has 2 aromatic rings. The molecule has 0 saturated heterocycles. The van der Waals surface area contributed by atoms with Gasteiger partial charge in [0.15, 0.2) is 0 Å². The number of hydroxylamine groups is 2. The van der Waals surface area contributed by atoms with Crippen molar-refractivity contribution in [3.63, 3.8) is 0 Å². The summed E-state index contributed by atoms with van der Waals surface area (Å²) in [6.07, 6.45) is -0.418. The lowest BCUT2D eigenvalue weighted by Crippen LogP contribution is -2.40. The Morgan fingerprint density at radius 2 is 2.00 bits per heavy atom. The highest BCUT2D eigenvalue weighted by molar-refractivity contribution is 5.89. The predicted octanol–water partition coefficient (Wildman–Crippen LogP) is 0.924. The van der Waals surface area contributed by atoms with Crippen molar-refractivity contribution in [2.24, 2.45) is 4.99 Å². The Kier molecular flexibility index (Phi) is 5.46. The number of carbonyl (C=O) groups is 2. The fraction of sp³-hybridized carbons (Fsp3) is 0.211. The van der Waals surface area contributed by atoms with E-state index in [1.54, 1.807) is 37.3 Å². The number of fused-ring (bicyclic) bond motifs is 1. The first-order chi connectivity index (χ1) is 13.4. The molecular formula is C19H17N3O6. The number of amides is 1. The number of hydrogen-bond acceptors (Lipinski definition) is 7. The van der Waals surface area contributed by atoms with Crippen LogP contribution in [0.5, 0.6) is 0 Å². The molecule has 1 heterocycles. The van der Waals surface area contributed by atoms with Crippen molar-refractivity contribution in [1.29, 1.82) is 0 Å². The van der Waals surface area contributed by atoms with Crippen LogP contribution in [0.15, 0.2) is 53.5 Å². The maximum Gasteiger partial charge on any atom is 0.308 e. The van der Waals surface area contributed by atoms with Crippen LogP contribution < -0.4 is 10.6 Å². The van der Waals surface area contributed by atoms with Crippen LogP contribution in [0, 0.1) is 10.1 Å². The van der Waals surface area contributed by atoms with Gasteiger partial charge in [-0.2, -0.15) is 0 Å². The van der Waals surface area contributed by atoms with Gasteiger partial charge in [-0.25, -0.2) is 10.1 Å². The molecule has 1 aliphatic heterocycles. The first-order valence-corrected chi connectivity index (χ1v) is 8.53. The first kappa shape index (κ1) is 19.2. The second kappa shape index (κ2) is 7.97. The predicted molar refractivity (Wildman–Crippen MR) is 96.5 cm³/mol. The first-order valence-electron chi connectivity index (χ1n) is 8.53. The van der Waals surface area contributed by atoms with Crippen molar-refractivity contribution in [3.8, 4) is 0 Å². The third-order valence-electron chi connectivity index (χ3n) is 4.20. The van der Waals surface area contributed by atoms with Gasteiger partial charge >= 0.3 is 5.97 Å². The van der Waals surface area contributed by atoms with Gasteiger partial charge in [-0.05, 0) is 13.0 Å². The van der Waals surface area contributed by atoms with Gasteiger partial charge in [0.05, 0.1) is 29.0 Å². The van der Waals surface area contributed by atoms with Gasteiger partial charge in [0.1, 0.15) is 6.04 Å². The van der Waals surface area contributed by atoms with Gasteiger partial charge in [-0.1, -0.05) is 30.3 Å². The molecule has 2 aromatic carbocycles. The summed E-state index contributed by atoms with van der Waals surface area (Å²) in [6.45, 7) is 1.76. The Balaban J connectivity index is 2.27. The van der Waals surface area contributed by atoms with Crippen LogP contribution in [0.1, 0.15) is 18.9 Å². The van der Waals surface area contributed by atoms with Crippen molar-refractivity contribution < 1.29 is 24.5 Å². The highest BCUT2D eigenvalue weighted by atomic mass is 16.6. The average molecular weight is 383 g/mol. The highest BCUT2D eigenvalue weighted by Crippen LogP contribution is 2.21. The molecule has 0 saturated carbocycles. The van der Waals surface area contributed by atoms with E-state index in [2.05, 4.69) is 4.99 Å². The van der Waals surface area contributed by atoms with Gasteiger partial charge in [0, 0.05) is 22.9 Å². The molecule has 0 aromatic heterocycles. The summed E-state index contributed by atoms with van der Waals surface area (Å²) in [4.78, 5) is 39.1. The zero-order chi connectivity index (χ0) is 20.3. The minimum absolute atomic E-state index is 0.129. The molecule has 0 radical (unpaired) electrons. The molecule has 1 amide bonds. The molecule has 3 rings (SSSR count). The van der Waals surface area contributed by atoms with Crippen LogP contribution in [-0.2, 0) is 14.3 Å². The number of non-ortho nitro benzene ring substituents is 1. The van der Waals surface area contributed by atoms with Crippen LogP contribution in [0.2, 0.25) is 0 Å². The average Bonchev–Trinajstić information content (AvgIpc) is 2.77. The van der Waals surface area contributed by atoms with Gasteiger partial charge in [0.25, 0.3) is 11.6 Å². The van der Waals surface area contributed by atoms with Crippen LogP contribution in [0.3, 0.4) is 0 Å². The minimum Gasteiger partial charge on any atom is -0.466 e. The number of benzene rings is 2. The van der Waals surface area contributed by atoms with Gasteiger partial charge in [-0.15, -0.1) is 0 Å². The zero-order valence-electron chi connectivity index (χ0n) is 14.9. The van der Waals surface area contributed by atoms with Crippen molar-refractivity contribution in [3.05, 3.63) is 74.8 Å². The van der Waals surface area contributed by atoms with Crippen LogP contribution in [0.25, 0.3) is 5.70 Å². The van der Waals surface area contributed by atoms with Gasteiger partial charge < -0.3 is 4.74 Å². The normalized spacial score (nSPS) is 16.1. The standard InChI is InChI=1S/C19H17N3O6/c1-2-28-17(23)11-16-19(24)20-15-9-8-13(22(26)27)10-14(15)18(21(16)25)12-6-4-3-5-7-12/h3-10,16,25H,2,11H2,1H3. The second-order valence-corrected chi connectivity index (χ2v) is 5.99. The number of ether oxygens (including phenoxy) is 1. The van der Waals surface area contributed by atoms with Crippen molar-refractivity contribution >= 4 is 23.3 Å². The fourth-order valence-electron chi connectivity index (χ4n) is 2.94. The molecular weight excluding hydrogens is 366 g/mol. The van der Waals surface area contributed by atoms with E-state index in [4.69, 9.17) is 4.74 Å². The van der Waals surface area contributed by atoms with Crippen molar-refractivity contribution in [2.45, 2.75) is 19.4 Å². The molecule has 0 fully saturated rings. The maximum atomic E-state index is 12.6. The fourth-order valence-corrected chi connectivity index (χ4v) is 2.94. The molecule has 1 N–H and O–H groups in total. The number of nitro groups is 1. The van der Waals surface area contributed by atoms with E-state index in [-0.39, 0.29) is 28.6 Å². The Labute approximate surface area is 159 Å². The number of esters is 1. The van der Waals surface area contributed by atoms with Crippen LogP contribution >= 0.6 is 0 Å². The molecule has 28 heavy (non-hydrogen) atoms.